The second-order valence-electron chi connectivity index (χ2n) is 5.70. The van der Waals surface area contributed by atoms with Crippen molar-refractivity contribution in [2.45, 2.75) is 32.7 Å². The van der Waals surface area contributed by atoms with E-state index in [1.165, 1.54) is 18.9 Å². The summed E-state index contributed by atoms with van der Waals surface area (Å²) in [6.07, 6.45) is 10.4. The maximum atomic E-state index is 11.8. The van der Waals surface area contributed by atoms with Gasteiger partial charge in [0.2, 0.25) is 5.91 Å². The van der Waals surface area contributed by atoms with Gasteiger partial charge in [-0.25, -0.2) is 0 Å². The molecule has 0 radical (unpaired) electrons. The molecule has 0 spiro atoms. The number of aromatic nitrogens is 2. The zero-order chi connectivity index (χ0) is 17.2. The van der Waals surface area contributed by atoms with Crippen molar-refractivity contribution in [2.75, 3.05) is 6.61 Å². The Bertz CT molecular complexity index is 660. The first kappa shape index (κ1) is 17.8. The van der Waals surface area contributed by atoms with Crippen LogP contribution in [0.2, 0.25) is 0 Å². The largest absolute Gasteiger partial charge is 0.494 e. The lowest BCUT2D eigenvalue weighted by atomic mass is 10.2. The van der Waals surface area contributed by atoms with Crippen molar-refractivity contribution < 1.29 is 9.53 Å². The first-order chi connectivity index (χ1) is 11.7. The highest BCUT2D eigenvalue weighted by Crippen LogP contribution is 2.13. The van der Waals surface area contributed by atoms with Gasteiger partial charge < -0.3 is 10.1 Å². The summed E-state index contributed by atoms with van der Waals surface area (Å²) in [6.45, 7) is 3.40. The van der Waals surface area contributed by atoms with E-state index in [9.17, 15) is 4.79 Å². The van der Waals surface area contributed by atoms with Crippen LogP contribution in [0.4, 0.5) is 0 Å². The minimum absolute atomic E-state index is 0.126. The molecule has 0 unspecified atom stereocenters. The van der Waals surface area contributed by atoms with Gasteiger partial charge in [0.1, 0.15) is 5.75 Å². The Morgan fingerprint density at radius 2 is 2.08 bits per heavy atom. The zero-order valence-corrected chi connectivity index (χ0v) is 14.4. The lowest BCUT2D eigenvalue weighted by molar-refractivity contribution is -0.116. The van der Waals surface area contributed by atoms with E-state index in [-0.39, 0.29) is 5.91 Å². The normalized spacial score (nSPS) is 10.9. The Hall–Kier alpha value is -2.56. The summed E-state index contributed by atoms with van der Waals surface area (Å²) in [4.78, 5) is 11.8. The lowest BCUT2D eigenvalue weighted by Crippen LogP contribution is -2.19. The Morgan fingerprint density at radius 1 is 1.29 bits per heavy atom. The minimum atomic E-state index is -0.126. The van der Waals surface area contributed by atoms with Crippen molar-refractivity contribution in [1.82, 2.24) is 15.1 Å². The predicted octanol–water partition coefficient (Wildman–Crippen LogP) is 3.32. The average molecular weight is 327 g/mol. The van der Waals surface area contributed by atoms with Crippen molar-refractivity contribution in [3.63, 3.8) is 0 Å². The highest BCUT2D eigenvalue weighted by Gasteiger charge is 1.99. The number of amides is 1. The Morgan fingerprint density at radius 3 is 2.75 bits per heavy atom. The molecule has 0 bridgehead atoms. The van der Waals surface area contributed by atoms with Gasteiger partial charge in [-0.3, -0.25) is 9.48 Å². The fraction of sp³-hybridized carbons (Fsp3) is 0.368. The summed E-state index contributed by atoms with van der Waals surface area (Å²) >= 11 is 0. The number of nitrogens with zero attached hydrogens (tertiary/aromatic N) is 2. The van der Waals surface area contributed by atoms with Crippen molar-refractivity contribution in [3.05, 3.63) is 53.9 Å². The van der Waals surface area contributed by atoms with Gasteiger partial charge in [0.15, 0.2) is 0 Å². The highest BCUT2D eigenvalue weighted by atomic mass is 16.5. The van der Waals surface area contributed by atoms with Crippen LogP contribution in [0.15, 0.2) is 42.7 Å². The number of ether oxygens (including phenoxy) is 1. The molecule has 0 saturated carbocycles. The molecule has 1 aromatic heterocycles. The van der Waals surface area contributed by atoms with Crippen molar-refractivity contribution in [2.24, 2.45) is 7.05 Å². The van der Waals surface area contributed by atoms with E-state index in [0.29, 0.717) is 6.54 Å². The number of rotatable bonds is 9. The highest BCUT2D eigenvalue weighted by molar-refractivity contribution is 5.91. The molecule has 2 aromatic rings. The molecule has 0 fully saturated rings. The van der Waals surface area contributed by atoms with E-state index in [1.807, 2.05) is 37.5 Å². The summed E-state index contributed by atoms with van der Waals surface area (Å²) < 4.78 is 7.38. The molecule has 0 aliphatic rings. The van der Waals surface area contributed by atoms with Crippen LogP contribution in [-0.4, -0.2) is 22.3 Å². The van der Waals surface area contributed by atoms with E-state index in [4.69, 9.17) is 4.74 Å². The number of unbranched alkanes of at least 4 members (excludes halogenated alkanes) is 2. The molecule has 1 amide bonds. The van der Waals surface area contributed by atoms with Crippen LogP contribution in [0.5, 0.6) is 5.75 Å². The maximum absolute atomic E-state index is 11.8. The third-order valence-corrected chi connectivity index (χ3v) is 3.55. The van der Waals surface area contributed by atoms with Gasteiger partial charge in [-0.1, -0.05) is 31.9 Å². The van der Waals surface area contributed by atoms with Gasteiger partial charge in [0.05, 0.1) is 12.8 Å². The molecule has 0 aliphatic heterocycles. The number of benzene rings is 1. The van der Waals surface area contributed by atoms with E-state index in [1.54, 1.807) is 17.0 Å². The molecule has 1 aromatic carbocycles. The minimum Gasteiger partial charge on any atom is -0.494 e. The number of carbonyl (C=O) groups is 1. The first-order valence-corrected chi connectivity index (χ1v) is 8.33. The number of hydrogen-bond donors (Lipinski definition) is 1. The number of carbonyl (C=O) groups excluding carboxylic acids is 1. The van der Waals surface area contributed by atoms with Crippen LogP contribution in [0.3, 0.4) is 0 Å². The maximum Gasteiger partial charge on any atom is 0.244 e. The van der Waals surface area contributed by atoms with Crippen LogP contribution in [0.1, 0.15) is 37.3 Å². The van der Waals surface area contributed by atoms with Crippen LogP contribution in [-0.2, 0) is 18.4 Å². The number of aryl methyl sites for hydroxylation is 1. The molecule has 5 nitrogen and oxygen atoms in total. The summed E-state index contributed by atoms with van der Waals surface area (Å²) in [5, 5.41) is 6.89. The topological polar surface area (TPSA) is 56.1 Å². The zero-order valence-electron chi connectivity index (χ0n) is 14.4. The summed E-state index contributed by atoms with van der Waals surface area (Å²) in [5.41, 5.74) is 1.94. The SMILES string of the molecule is CCCCCOc1ccc(C=CC(=O)NCc2cnn(C)c2)cc1. The summed E-state index contributed by atoms with van der Waals surface area (Å²) in [7, 11) is 1.85. The molecule has 1 heterocycles. The fourth-order valence-electron chi connectivity index (χ4n) is 2.20. The predicted molar refractivity (Wildman–Crippen MR) is 95.6 cm³/mol. The fourth-order valence-corrected chi connectivity index (χ4v) is 2.20. The van der Waals surface area contributed by atoms with Crippen molar-refractivity contribution in [1.29, 1.82) is 0 Å². The third kappa shape index (κ3) is 6.28. The number of nitrogens with one attached hydrogen (secondary N) is 1. The quantitative estimate of drug-likeness (QED) is 0.568. The Kier molecular flexibility index (Phi) is 7.08. The van der Waals surface area contributed by atoms with E-state index >= 15 is 0 Å². The molecule has 2 rings (SSSR count). The molecule has 128 valence electrons. The average Bonchev–Trinajstić information content (AvgIpc) is 3.01. The van der Waals surface area contributed by atoms with Crippen LogP contribution in [0, 0.1) is 0 Å². The molecule has 5 heteroatoms. The lowest BCUT2D eigenvalue weighted by Gasteiger charge is -2.05. The van der Waals surface area contributed by atoms with Crippen molar-refractivity contribution in [3.8, 4) is 5.75 Å². The smallest absolute Gasteiger partial charge is 0.244 e. The summed E-state index contributed by atoms with van der Waals surface area (Å²) in [6, 6.07) is 7.75. The summed E-state index contributed by atoms with van der Waals surface area (Å²) in [5.74, 6) is 0.739. The van der Waals surface area contributed by atoms with E-state index in [0.717, 1.165) is 29.9 Å². The van der Waals surface area contributed by atoms with Gasteiger partial charge in [-0.05, 0) is 30.2 Å². The first-order valence-electron chi connectivity index (χ1n) is 8.33. The van der Waals surface area contributed by atoms with Gasteiger partial charge in [-0.15, -0.1) is 0 Å². The molecule has 0 atom stereocenters. The van der Waals surface area contributed by atoms with Crippen LogP contribution < -0.4 is 10.1 Å². The molecule has 1 N–H and O–H groups in total. The van der Waals surface area contributed by atoms with Gasteiger partial charge in [0.25, 0.3) is 0 Å². The van der Waals surface area contributed by atoms with Gasteiger partial charge in [0, 0.05) is 31.4 Å². The second-order valence-corrected chi connectivity index (χ2v) is 5.70. The third-order valence-electron chi connectivity index (χ3n) is 3.55. The molecule has 24 heavy (non-hydrogen) atoms. The Labute approximate surface area is 143 Å². The molecular weight excluding hydrogens is 302 g/mol. The Balaban J connectivity index is 1.75. The number of hydrogen-bond acceptors (Lipinski definition) is 3. The second kappa shape index (κ2) is 9.55. The van der Waals surface area contributed by atoms with Crippen LogP contribution >= 0.6 is 0 Å². The van der Waals surface area contributed by atoms with Gasteiger partial charge >= 0.3 is 0 Å². The molecule has 0 saturated heterocycles. The monoisotopic (exact) mass is 327 g/mol. The molecular formula is C19H25N3O2. The molecule has 0 aliphatic carbocycles. The van der Waals surface area contributed by atoms with E-state index in [2.05, 4.69) is 17.3 Å². The van der Waals surface area contributed by atoms with E-state index < -0.39 is 0 Å². The van der Waals surface area contributed by atoms with Gasteiger partial charge in [-0.2, -0.15) is 5.10 Å². The van der Waals surface area contributed by atoms with Crippen LogP contribution in [0.25, 0.3) is 6.08 Å². The standard InChI is InChI=1S/C19H25N3O2/c1-3-4-5-12-24-18-9-6-16(7-10-18)8-11-19(23)20-13-17-14-21-22(2)15-17/h6-11,14-15H,3-5,12-13H2,1-2H3,(H,20,23). The van der Waals surface area contributed by atoms with Crippen molar-refractivity contribution >= 4 is 12.0 Å².